The predicted octanol–water partition coefficient (Wildman–Crippen LogP) is 1.08. The highest BCUT2D eigenvalue weighted by atomic mass is 15.4. The molecule has 0 radical (unpaired) electrons. The molecule has 0 aliphatic heterocycles. The Bertz CT molecular complexity index is 484. The number of nitrogens with zero attached hydrogens (tertiary/aromatic N) is 5. The molecule has 0 amide bonds. The average Bonchev–Trinajstić information content (AvgIpc) is 2.88. The fraction of sp³-hybridized carbons (Fsp3) is 0.545. The van der Waals surface area contributed by atoms with Gasteiger partial charge in [-0.05, 0) is 12.8 Å². The Hall–Kier alpha value is -1.85. The van der Waals surface area contributed by atoms with Crippen LogP contribution < -0.4 is 5.73 Å². The van der Waals surface area contributed by atoms with E-state index in [-0.39, 0.29) is 0 Å². The quantitative estimate of drug-likeness (QED) is 0.840. The summed E-state index contributed by atoms with van der Waals surface area (Å²) in [5.74, 6) is 0.522. The van der Waals surface area contributed by atoms with Crippen molar-refractivity contribution in [3.05, 3.63) is 23.9 Å². The molecule has 2 aromatic heterocycles. The predicted molar refractivity (Wildman–Crippen MR) is 65.4 cm³/mol. The Morgan fingerprint density at radius 2 is 2.18 bits per heavy atom. The van der Waals surface area contributed by atoms with Gasteiger partial charge in [-0.25, -0.2) is 9.67 Å². The van der Waals surface area contributed by atoms with E-state index in [1.54, 1.807) is 0 Å². The van der Waals surface area contributed by atoms with E-state index in [0.29, 0.717) is 12.4 Å². The molecule has 2 aromatic rings. The van der Waals surface area contributed by atoms with Gasteiger partial charge in [-0.15, -0.1) is 5.10 Å². The highest BCUT2D eigenvalue weighted by molar-refractivity contribution is 5.32. The molecule has 0 bridgehead atoms. The first-order valence-electron chi connectivity index (χ1n) is 5.93. The normalized spacial score (nSPS) is 10.9. The average molecular weight is 234 g/mol. The van der Waals surface area contributed by atoms with Gasteiger partial charge in [-0.3, -0.25) is 0 Å². The van der Waals surface area contributed by atoms with Gasteiger partial charge in [0.25, 0.3) is 0 Å². The number of hydrogen-bond acceptors (Lipinski definition) is 4. The summed E-state index contributed by atoms with van der Waals surface area (Å²) in [6.45, 7) is 5.85. The summed E-state index contributed by atoms with van der Waals surface area (Å²) < 4.78 is 3.98. The van der Waals surface area contributed by atoms with Crippen LogP contribution in [0.1, 0.15) is 31.7 Å². The first-order chi connectivity index (χ1) is 8.26. The van der Waals surface area contributed by atoms with Crippen LogP contribution in [0, 0.1) is 0 Å². The molecule has 0 saturated heterocycles. The summed E-state index contributed by atoms with van der Waals surface area (Å²) in [6, 6.07) is 0. The van der Waals surface area contributed by atoms with Crippen molar-refractivity contribution in [2.45, 2.75) is 39.8 Å². The van der Waals surface area contributed by atoms with Crippen LogP contribution in [0.4, 0.5) is 5.82 Å². The fourth-order valence-corrected chi connectivity index (χ4v) is 1.91. The van der Waals surface area contributed by atoms with Crippen molar-refractivity contribution in [1.29, 1.82) is 0 Å². The summed E-state index contributed by atoms with van der Waals surface area (Å²) in [4.78, 5) is 4.17. The lowest BCUT2D eigenvalue weighted by molar-refractivity contribution is 0.569. The first kappa shape index (κ1) is 11.6. The highest BCUT2D eigenvalue weighted by Gasteiger charge is 2.10. The summed E-state index contributed by atoms with van der Waals surface area (Å²) in [5, 5.41) is 7.97. The van der Waals surface area contributed by atoms with Crippen molar-refractivity contribution in [3.8, 4) is 0 Å². The van der Waals surface area contributed by atoms with E-state index in [1.807, 2.05) is 17.2 Å². The van der Waals surface area contributed by atoms with Crippen LogP contribution in [0.5, 0.6) is 0 Å². The van der Waals surface area contributed by atoms with E-state index in [2.05, 4.69) is 33.7 Å². The maximum atomic E-state index is 5.76. The second-order valence-electron chi connectivity index (χ2n) is 4.01. The SMILES string of the molecule is CCCn1cncc1Cn1nnc(N)c1CC. The summed E-state index contributed by atoms with van der Waals surface area (Å²) in [7, 11) is 0. The molecule has 92 valence electrons. The lowest BCUT2D eigenvalue weighted by Gasteiger charge is -2.08. The van der Waals surface area contributed by atoms with Crippen LogP contribution in [-0.4, -0.2) is 24.5 Å². The third-order valence-electron chi connectivity index (χ3n) is 2.78. The van der Waals surface area contributed by atoms with Crippen molar-refractivity contribution < 1.29 is 0 Å². The van der Waals surface area contributed by atoms with Gasteiger partial charge in [0.15, 0.2) is 5.82 Å². The Morgan fingerprint density at radius 3 is 2.88 bits per heavy atom. The summed E-state index contributed by atoms with van der Waals surface area (Å²) in [6.07, 6.45) is 5.64. The van der Waals surface area contributed by atoms with Crippen LogP contribution >= 0.6 is 0 Å². The third kappa shape index (κ3) is 2.30. The minimum atomic E-state index is 0.522. The molecule has 0 saturated carbocycles. The van der Waals surface area contributed by atoms with Crippen LogP contribution in [0.3, 0.4) is 0 Å². The second kappa shape index (κ2) is 4.99. The largest absolute Gasteiger partial charge is 0.381 e. The lowest BCUT2D eigenvalue weighted by Crippen LogP contribution is -2.11. The van der Waals surface area contributed by atoms with Crippen molar-refractivity contribution in [3.63, 3.8) is 0 Å². The highest BCUT2D eigenvalue weighted by Crippen LogP contribution is 2.11. The van der Waals surface area contributed by atoms with Gasteiger partial charge < -0.3 is 10.3 Å². The standard InChI is InChI=1S/C11H18N6/c1-3-5-16-8-13-6-9(16)7-17-10(4-2)11(12)14-15-17/h6,8H,3-5,7,12H2,1-2H3. The third-order valence-corrected chi connectivity index (χ3v) is 2.78. The maximum absolute atomic E-state index is 5.76. The van der Waals surface area contributed by atoms with Crippen molar-refractivity contribution >= 4 is 5.82 Å². The zero-order chi connectivity index (χ0) is 12.3. The van der Waals surface area contributed by atoms with Crippen LogP contribution in [0.2, 0.25) is 0 Å². The van der Waals surface area contributed by atoms with Gasteiger partial charge in [-0.2, -0.15) is 0 Å². The Balaban J connectivity index is 2.22. The van der Waals surface area contributed by atoms with E-state index in [9.17, 15) is 0 Å². The van der Waals surface area contributed by atoms with E-state index < -0.39 is 0 Å². The molecule has 0 spiro atoms. The molecule has 0 fully saturated rings. The number of nitrogen functional groups attached to an aromatic ring is 1. The Morgan fingerprint density at radius 1 is 1.35 bits per heavy atom. The number of imidazole rings is 1. The van der Waals surface area contributed by atoms with E-state index in [4.69, 9.17) is 5.73 Å². The summed E-state index contributed by atoms with van der Waals surface area (Å²) in [5.41, 5.74) is 7.87. The molecule has 0 aliphatic rings. The van der Waals surface area contributed by atoms with Crippen molar-refractivity contribution in [1.82, 2.24) is 24.5 Å². The van der Waals surface area contributed by atoms with E-state index in [1.165, 1.54) is 0 Å². The zero-order valence-corrected chi connectivity index (χ0v) is 10.3. The zero-order valence-electron chi connectivity index (χ0n) is 10.3. The number of aromatic nitrogens is 5. The minimum absolute atomic E-state index is 0.522. The molecule has 0 aromatic carbocycles. The maximum Gasteiger partial charge on any atom is 0.169 e. The van der Waals surface area contributed by atoms with Gasteiger partial charge >= 0.3 is 0 Å². The van der Waals surface area contributed by atoms with Gasteiger partial charge in [0.05, 0.1) is 30.5 Å². The number of hydrogen-bond donors (Lipinski definition) is 1. The van der Waals surface area contributed by atoms with Crippen molar-refractivity contribution in [2.24, 2.45) is 0 Å². The van der Waals surface area contributed by atoms with Crippen LogP contribution in [0.25, 0.3) is 0 Å². The second-order valence-corrected chi connectivity index (χ2v) is 4.01. The van der Waals surface area contributed by atoms with Crippen LogP contribution in [0.15, 0.2) is 12.5 Å². The molecule has 0 aliphatic carbocycles. The molecule has 2 rings (SSSR count). The number of nitrogens with two attached hydrogens (primary N) is 1. The molecule has 6 heteroatoms. The van der Waals surface area contributed by atoms with E-state index >= 15 is 0 Å². The van der Waals surface area contributed by atoms with Gasteiger partial charge in [0, 0.05) is 6.54 Å². The number of anilines is 1. The molecule has 0 atom stereocenters. The smallest absolute Gasteiger partial charge is 0.169 e. The topological polar surface area (TPSA) is 74.5 Å². The number of rotatable bonds is 5. The van der Waals surface area contributed by atoms with Crippen LogP contribution in [-0.2, 0) is 19.5 Å². The molecule has 17 heavy (non-hydrogen) atoms. The molecule has 2 heterocycles. The first-order valence-corrected chi connectivity index (χ1v) is 5.93. The molecule has 0 unspecified atom stereocenters. The van der Waals surface area contributed by atoms with Gasteiger partial charge in [0.1, 0.15) is 0 Å². The Labute approximate surface area is 100 Å². The number of aryl methyl sites for hydroxylation is 1. The van der Waals surface area contributed by atoms with E-state index in [0.717, 1.165) is 30.8 Å². The van der Waals surface area contributed by atoms with Gasteiger partial charge in [-0.1, -0.05) is 19.1 Å². The lowest BCUT2D eigenvalue weighted by atomic mass is 10.3. The van der Waals surface area contributed by atoms with Crippen molar-refractivity contribution in [2.75, 3.05) is 5.73 Å². The van der Waals surface area contributed by atoms with Gasteiger partial charge in [0.2, 0.25) is 0 Å². The molecule has 2 N–H and O–H groups in total. The molecular formula is C11H18N6. The molecular weight excluding hydrogens is 216 g/mol. The fourth-order valence-electron chi connectivity index (χ4n) is 1.91. The summed E-state index contributed by atoms with van der Waals surface area (Å²) >= 11 is 0. The monoisotopic (exact) mass is 234 g/mol. The minimum Gasteiger partial charge on any atom is -0.381 e. The molecule has 6 nitrogen and oxygen atoms in total. The Kier molecular flexibility index (Phi) is 3.41.